The van der Waals surface area contributed by atoms with E-state index in [4.69, 9.17) is 18.0 Å². The molecule has 1 amide bonds. The number of rotatable bonds is 4. The minimum Gasteiger partial charge on any atom is -0.366 e. The van der Waals surface area contributed by atoms with Crippen molar-refractivity contribution in [1.82, 2.24) is 5.32 Å². The van der Waals surface area contributed by atoms with Crippen molar-refractivity contribution in [3.63, 3.8) is 0 Å². The van der Waals surface area contributed by atoms with Crippen molar-refractivity contribution < 1.29 is 9.18 Å². The topological polar surface area (TPSA) is 67.2 Å². The van der Waals surface area contributed by atoms with Crippen LogP contribution in [0.1, 0.15) is 15.9 Å². The van der Waals surface area contributed by atoms with E-state index in [9.17, 15) is 9.18 Å². The molecule has 0 unspecified atom stereocenters. The smallest absolute Gasteiger partial charge is 0.248 e. The number of hydrogen-bond donors (Lipinski definition) is 3. The Morgan fingerprint density at radius 3 is 2.29 bits per heavy atom. The Bertz CT molecular complexity index is 641. The molecule has 0 aliphatic heterocycles. The Morgan fingerprint density at radius 1 is 1.10 bits per heavy atom. The largest absolute Gasteiger partial charge is 0.366 e. The summed E-state index contributed by atoms with van der Waals surface area (Å²) in [4.78, 5) is 11.0. The Hall–Kier alpha value is -2.47. The molecule has 0 fully saturated rings. The van der Waals surface area contributed by atoms with Crippen LogP contribution in [0.25, 0.3) is 0 Å². The lowest BCUT2D eigenvalue weighted by molar-refractivity contribution is 0.100. The van der Waals surface area contributed by atoms with Gasteiger partial charge in [-0.2, -0.15) is 0 Å². The number of carbonyl (C=O) groups is 1. The normalized spacial score (nSPS) is 9.95. The van der Waals surface area contributed by atoms with Crippen molar-refractivity contribution >= 4 is 28.9 Å². The van der Waals surface area contributed by atoms with Gasteiger partial charge in [0.05, 0.1) is 0 Å². The zero-order valence-corrected chi connectivity index (χ0v) is 11.9. The summed E-state index contributed by atoms with van der Waals surface area (Å²) >= 11 is 5.16. The monoisotopic (exact) mass is 303 g/mol. The second kappa shape index (κ2) is 6.81. The van der Waals surface area contributed by atoms with E-state index in [1.807, 2.05) is 0 Å². The van der Waals surface area contributed by atoms with Gasteiger partial charge in [0.2, 0.25) is 5.91 Å². The van der Waals surface area contributed by atoms with Crippen LogP contribution in [0.15, 0.2) is 48.5 Å². The van der Waals surface area contributed by atoms with Crippen LogP contribution in [0.3, 0.4) is 0 Å². The minimum atomic E-state index is -0.474. The maximum Gasteiger partial charge on any atom is 0.248 e. The van der Waals surface area contributed by atoms with Gasteiger partial charge in [-0.1, -0.05) is 12.1 Å². The van der Waals surface area contributed by atoms with Crippen LogP contribution in [0.5, 0.6) is 0 Å². The third-order valence-electron chi connectivity index (χ3n) is 2.79. The van der Waals surface area contributed by atoms with Gasteiger partial charge in [-0.25, -0.2) is 4.39 Å². The van der Waals surface area contributed by atoms with Crippen molar-refractivity contribution in [2.24, 2.45) is 5.73 Å². The SMILES string of the molecule is NC(=O)c1ccc(NC(=S)NCc2ccc(F)cc2)cc1. The quantitative estimate of drug-likeness (QED) is 0.759. The number of halogens is 1. The lowest BCUT2D eigenvalue weighted by atomic mass is 10.2. The van der Waals surface area contributed by atoms with E-state index in [2.05, 4.69) is 10.6 Å². The molecule has 0 aliphatic carbocycles. The molecule has 0 radical (unpaired) electrons. The molecule has 4 N–H and O–H groups in total. The van der Waals surface area contributed by atoms with Gasteiger partial charge >= 0.3 is 0 Å². The highest BCUT2D eigenvalue weighted by molar-refractivity contribution is 7.80. The zero-order valence-electron chi connectivity index (χ0n) is 11.1. The van der Waals surface area contributed by atoms with Gasteiger partial charge < -0.3 is 16.4 Å². The molecule has 4 nitrogen and oxygen atoms in total. The maximum absolute atomic E-state index is 12.8. The molecule has 0 aromatic heterocycles. The van der Waals surface area contributed by atoms with Crippen LogP contribution in [0.2, 0.25) is 0 Å². The highest BCUT2D eigenvalue weighted by atomic mass is 32.1. The zero-order chi connectivity index (χ0) is 15.2. The van der Waals surface area contributed by atoms with E-state index < -0.39 is 5.91 Å². The Morgan fingerprint density at radius 2 is 1.71 bits per heavy atom. The van der Waals surface area contributed by atoms with Gasteiger partial charge in [0.1, 0.15) is 5.82 Å². The molecular formula is C15H14FN3OS. The van der Waals surface area contributed by atoms with Gasteiger partial charge in [-0.15, -0.1) is 0 Å². The molecule has 0 heterocycles. The molecular weight excluding hydrogens is 289 g/mol. The molecule has 0 bridgehead atoms. The Balaban J connectivity index is 1.86. The summed E-state index contributed by atoms with van der Waals surface area (Å²) in [5.41, 5.74) is 7.27. The number of nitrogens with two attached hydrogens (primary N) is 1. The lowest BCUT2D eigenvalue weighted by Gasteiger charge is -2.10. The Kier molecular flexibility index (Phi) is 4.84. The van der Waals surface area contributed by atoms with Crippen LogP contribution in [-0.2, 0) is 6.54 Å². The second-order valence-electron chi connectivity index (χ2n) is 4.38. The standard InChI is InChI=1S/C15H14FN3OS/c16-12-5-1-10(2-6-12)9-18-15(21)19-13-7-3-11(4-8-13)14(17)20/h1-8H,9H2,(H2,17,20)(H2,18,19,21). The number of carbonyl (C=O) groups excluding carboxylic acids is 1. The molecule has 0 saturated heterocycles. The highest BCUT2D eigenvalue weighted by Gasteiger charge is 2.01. The number of benzene rings is 2. The van der Waals surface area contributed by atoms with Crippen LogP contribution >= 0.6 is 12.2 Å². The van der Waals surface area contributed by atoms with Crippen molar-refractivity contribution in [1.29, 1.82) is 0 Å². The number of nitrogens with one attached hydrogen (secondary N) is 2. The van der Waals surface area contributed by atoms with Crippen LogP contribution < -0.4 is 16.4 Å². The van der Waals surface area contributed by atoms with Crippen LogP contribution in [0, 0.1) is 5.82 Å². The van der Waals surface area contributed by atoms with E-state index >= 15 is 0 Å². The first-order chi connectivity index (χ1) is 10.0. The summed E-state index contributed by atoms with van der Waals surface area (Å²) in [7, 11) is 0. The van der Waals surface area contributed by atoms with Crippen molar-refractivity contribution in [2.45, 2.75) is 6.54 Å². The summed E-state index contributed by atoms with van der Waals surface area (Å²) in [6, 6.07) is 12.8. The number of primary amides is 1. The fourth-order valence-electron chi connectivity index (χ4n) is 1.68. The third-order valence-corrected chi connectivity index (χ3v) is 3.04. The first-order valence-corrected chi connectivity index (χ1v) is 6.64. The summed E-state index contributed by atoms with van der Waals surface area (Å²) in [6.07, 6.45) is 0. The summed E-state index contributed by atoms with van der Waals surface area (Å²) in [5.74, 6) is -0.743. The van der Waals surface area contributed by atoms with E-state index in [0.29, 0.717) is 17.2 Å². The molecule has 2 rings (SSSR count). The van der Waals surface area contributed by atoms with Crippen molar-refractivity contribution in [2.75, 3.05) is 5.32 Å². The fourth-order valence-corrected chi connectivity index (χ4v) is 1.87. The average Bonchev–Trinajstić information content (AvgIpc) is 2.47. The summed E-state index contributed by atoms with van der Waals surface area (Å²) < 4.78 is 12.8. The molecule has 0 aliphatic rings. The molecule has 108 valence electrons. The molecule has 2 aromatic carbocycles. The third kappa shape index (κ3) is 4.54. The summed E-state index contributed by atoms with van der Waals surface area (Å²) in [6.45, 7) is 0.492. The van der Waals surface area contributed by atoms with Crippen molar-refractivity contribution in [3.05, 3.63) is 65.5 Å². The van der Waals surface area contributed by atoms with Gasteiger partial charge in [-0.3, -0.25) is 4.79 Å². The average molecular weight is 303 g/mol. The first-order valence-electron chi connectivity index (χ1n) is 6.24. The highest BCUT2D eigenvalue weighted by Crippen LogP contribution is 2.09. The van der Waals surface area contributed by atoms with Crippen LogP contribution in [-0.4, -0.2) is 11.0 Å². The Labute approximate surface area is 127 Å². The van der Waals surface area contributed by atoms with Crippen molar-refractivity contribution in [3.8, 4) is 0 Å². The molecule has 0 atom stereocenters. The van der Waals surface area contributed by atoms with Gasteiger partial charge in [0.25, 0.3) is 0 Å². The molecule has 2 aromatic rings. The second-order valence-corrected chi connectivity index (χ2v) is 4.78. The van der Waals surface area contributed by atoms with Gasteiger partial charge in [0, 0.05) is 17.8 Å². The predicted octanol–water partition coefficient (Wildman–Crippen LogP) is 2.41. The van der Waals surface area contributed by atoms with E-state index in [-0.39, 0.29) is 5.82 Å². The molecule has 6 heteroatoms. The van der Waals surface area contributed by atoms with E-state index in [1.165, 1.54) is 12.1 Å². The van der Waals surface area contributed by atoms with Gasteiger partial charge in [0.15, 0.2) is 5.11 Å². The first kappa shape index (κ1) is 14.9. The lowest BCUT2D eigenvalue weighted by Crippen LogP contribution is -2.27. The number of amides is 1. The van der Waals surface area contributed by atoms with E-state index in [0.717, 1.165) is 11.3 Å². The number of anilines is 1. The predicted molar refractivity (Wildman–Crippen MR) is 84.4 cm³/mol. The number of hydrogen-bond acceptors (Lipinski definition) is 2. The minimum absolute atomic E-state index is 0.269. The van der Waals surface area contributed by atoms with E-state index in [1.54, 1.807) is 36.4 Å². The maximum atomic E-state index is 12.8. The molecule has 0 saturated carbocycles. The van der Waals surface area contributed by atoms with Crippen LogP contribution in [0.4, 0.5) is 10.1 Å². The number of thiocarbonyl (C=S) groups is 1. The van der Waals surface area contributed by atoms with Gasteiger partial charge in [-0.05, 0) is 54.2 Å². The fraction of sp³-hybridized carbons (Fsp3) is 0.0667. The molecule has 0 spiro atoms. The summed E-state index contributed by atoms with van der Waals surface area (Å²) in [5, 5.41) is 6.43. The molecule has 21 heavy (non-hydrogen) atoms.